The number of hydrogen-bond donors (Lipinski definition) is 0. The lowest BCUT2D eigenvalue weighted by molar-refractivity contribution is 0.328. The van der Waals surface area contributed by atoms with Gasteiger partial charge in [-0.1, -0.05) is 79.1 Å². The van der Waals surface area contributed by atoms with Gasteiger partial charge in [0, 0.05) is 0 Å². The molecule has 0 aliphatic heterocycles. The minimum atomic E-state index is -1.59. The first kappa shape index (κ1) is 22.7. The van der Waals surface area contributed by atoms with E-state index in [2.05, 4.69) is 52.6 Å². The van der Waals surface area contributed by atoms with Crippen molar-refractivity contribution < 1.29 is 4.43 Å². The molecule has 0 heterocycles. The monoisotopic (exact) mass is 338 g/mol. The average Bonchev–Trinajstić information content (AvgIpc) is 2.46. The Balaban J connectivity index is 3.53. The molecule has 0 aromatic carbocycles. The second kappa shape index (κ2) is 13.0. The molecule has 136 valence electrons. The van der Waals surface area contributed by atoms with E-state index in [1.54, 1.807) is 0 Å². The molecule has 0 amide bonds. The van der Waals surface area contributed by atoms with Crippen molar-refractivity contribution in [1.29, 1.82) is 0 Å². The first-order valence-corrected chi connectivity index (χ1v) is 12.8. The van der Waals surface area contributed by atoms with E-state index in [4.69, 9.17) is 4.43 Å². The van der Waals surface area contributed by atoms with Crippen LogP contribution in [0.2, 0.25) is 18.1 Å². The van der Waals surface area contributed by atoms with Crippen LogP contribution in [-0.4, -0.2) is 14.9 Å². The van der Waals surface area contributed by atoms with E-state index in [-0.39, 0.29) is 0 Å². The normalized spacial score (nSPS) is 12.1. The molecule has 23 heavy (non-hydrogen) atoms. The second-order valence-electron chi connectivity index (χ2n) is 8.26. The standard InChI is InChI=1S/C21H42OSi/c1-7-8-9-10-11-12-13-14-15-16-17-18-19-20-22-23(5,6)21(2,3)4/h17,19H,7-16,20H2,1-6H3. The van der Waals surface area contributed by atoms with Crippen LogP contribution in [0.1, 0.15) is 91.9 Å². The van der Waals surface area contributed by atoms with E-state index >= 15 is 0 Å². The molecule has 1 nitrogen and oxygen atoms in total. The molecule has 0 aromatic rings. The minimum absolute atomic E-state index is 0.293. The molecule has 0 N–H and O–H groups in total. The highest BCUT2D eigenvalue weighted by Crippen LogP contribution is 2.36. The molecule has 0 saturated carbocycles. The van der Waals surface area contributed by atoms with Gasteiger partial charge >= 0.3 is 0 Å². The van der Waals surface area contributed by atoms with Gasteiger partial charge in [0.25, 0.3) is 0 Å². The minimum Gasteiger partial charge on any atom is -0.413 e. The van der Waals surface area contributed by atoms with Crippen molar-refractivity contribution in [2.75, 3.05) is 6.61 Å². The molecule has 0 radical (unpaired) electrons. The van der Waals surface area contributed by atoms with Crippen molar-refractivity contribution >= 4 is 8.32 Å². The summed E-state index contributed by atoms with van der Waals surface area (Å²) in [5.41, 5.74) is 3.28. The molecule has 2 heteroatoms. The maximum Gasteiger partial charge on any atom is 0.192 e. The molecule has 0 bridgehead atoms. The first-order valence-electron chi connectivity index (χ1n) is 9.84. The Morgan fingerprint density at radius 3 is 1.87 bits per heavy atom. The predicted octanol–water partition coefficient (Wildman–Crippen LogP) is 7.64. The van der Waals surface area contributed by atoms with E-state index in [1.165, 1.54) is 57.8 Å². The van der Waals surface area contributed by atoms with Gasteiger partial charge in [-0.15, -0.1) is 5.73 Å². The van der Waals surface area contributed by atoms with Crippen LogP contribution in [0.15, 0.2) is 17.9 Å². The zero-order valence-corrected chi connectivity index (χ0v) is 17.8. The van der Waals surface area contributed by atoms with Crippen molar-refractivity contribution in [3.8, 4) is 0 Å². The van der Waals surface area contributed by atoms with E-state index in [1.807, 2.05) is 6.08 Å². The molecular formula is C21H42OSi. The van der Waals surface area contributed by atoms with E-state index in [0.29, 0.717) is 11.6 Å². The van der Waals surface area contributed by atoms with Crippen LogP contribution in [0.3, 0.4) is 0 Å². The van der Waals surface area contributed by atoms with Crippen LogP contribution in [0.4, 0.5) is 0 Å². The highest BCUT2D eigenvalue weighted by Gasteiger charge is 2.36. The molecule has 0 spiro atoms. The fourth-order valence-electron chi connectivity index (χ4n) is 2.24. The van der Waals surface area contributed by atoms with Gasteiger partial charge in [0.05, 0.1) is 6.61 Å². The summed E-state index contributed by atoms with van der Waals surface area (Å²) in [6.07, 6.45) is 17.9. The lowest BCUT2D eigenvalue weighted by Crippen LogP contribution is -2.40. The largest absolute Gasteiger partial charge is 0.413 e. The molecule has 0 saturated heterocycles. The van der Waals surface area contributed by atoms with Gasteiger partial charge < -0.3 is 4.43 Å². The Hall–Kier alpha value is -0.303. The lowest BCUT2D eigenvalue weighted by atomic mass is 10.1. The molecule has 0 aromatic heterocycles. The van der Waals surface area contributed by atoms with Gasteiger partial charge in [-0.2, -0.15) is 0 Å². The van der Waals surface area contributed by atoms with Crippen LogP contribution in [0.5, 0.6) is 0 Å². The van der Waals surface area contributed by atoms with Gasteiger partial charge in [-0.25, -0.2) is 0 Å². The topological polar surface area (TPSA) is 9.23 Å². The van der Waals surface area contributed by atoms with Crippen LogP contribution in [0.25, 0.3) is 0 Å². The molecule has 0 unspecified atom stereocenters. The Kier molecular flexibility index (Phi) is 12.9. The fourth-order valence-corrected chi connectivity index (χ4v) is 3.17. The number of hydrogen-bond acceptors (Lipinski definition) is 1. The van der Waals surface area contributed by atoms with E-state index in [9.17, 15) is 0 Å². The molecule has 0 aliphatic rings. The van der Waals surface area contributed by atoms with Crippen LogP contribution in [-0.2, 0) is 4.43 Å². The Labute approximate surface area is 147 Å². The van der Waals surface area contributed by atoms with Gasteiger partial charge in [-0.05, 0) is 43.1 Å². The highest BCUT2D eigenvalue weighted by atomic mass is 28.4. The van der Waals surface area contributed by atoms with Gasteiger partial charge in [0.15, 0.2) is 8.32 Å². The smallest absolute Gasteiger partial charge is 0.192 e. The summed E-state index contributed by atoms with van der Waals surface area (Å²) in [5, 5.41) is 0.293. The summed E-state index contributed by atoms with van der Waals surface area (Å²) in [6.45, 7) is 14.4. The van der Waals surface area contributed by atoms with Crippen LogP contribution < -0.4 is 0 Å². The molecule has 0 fully saturated rings. The first-order chi connectivity index (χ1) is 10.8. The summed E-state index contributed by atoms with van der Waals surface area (Å²) in [6, 6.07) is 0. The third kappa shape index (κ3) is 12.7. The number of rotatable bonds is 13. The maximum absolute atomic E-state index is 6.09. The summed E-state index contributed by atoms with van der Waals surface area (Å²) in [5.74, 6) is 0. The Morgan fingerprint density at radius 2 is 1.35 bits per heavy atom. The summed E-state index contributed by atoms with van der Waals surface area (Å²) in [7, 11) is -1.59. The van der Waals surface area contributed by atoms with Crippen LogP contribution >= 0.6 is 0 Å². The van der Waals surface area contributed by atoms with Crippen molar-refractivity contribution in [2.45, 2.75) is 110 Å². The molecular weight excluding hydrogens is 296 g/mol. The third-order valence-corrected chi connectivity index (χ3v) is 9.52. The SMILES string of the molecule is CCCCCCCCCCCC=C=CCO[Si](C)(C)C(C)(C)C. The number of unbranched alkanes of at least 4 members (excludes halogenated alkanes) is 9. The molecule has 0 rings (SSSR count). The molecule has 0 atom stereocenters. The maximum atomic E-state index is 6.09. The van der Waals surface area contributed by atoms with E-state index in [0.717, 1.165) is 6.42 Å². The van der Waals surface area contributed by atoms with Gasteiger partial charge in [-0.3, -0.25) is 0 Å². The van der Waals surface area contributed by atoms with Crippen molar-refractivity contribution in [2.24, 2.45) is 0 Å². The van der Waals surface area contributed by atoms with E-state index < -0.39 is 8.32 Å². The van der Waals surface area contributed by atoms with Crippen molar-refractivity contribution in [3.05, 3.63) is 17.9 Å². The van der Waals surface area contributed by atoms with Gasteiger partial charge in [0.2, 0.25) is 0 Å². The highest BCUT2D eigenvalue weighted by molar-refractivity contribution is 6.74. The average molecular weight is 339 g/mol. The zero-order chi connectivity index (χ0) is 17.6. The summed E-state index contributed by atoms with van der Waals surface area (Å²) >= 11 is 0. The fraction of sp³-hybridized carbons (Fsp3) is 0.857. The zero-order valence-electron chi connectivity index (χ0n) is 16.8. The van der Waals surface area contributed by atoms with Gasteiger partial charge in [0.1, 0.15) is 0 Å². The van der Waals surface area contributed by atoms with Crippen LogP contribution in [0, 0.1) is 0 Å². The van der Waals surface area contributed by atoms with Crippen molar-refractivity contribution in [3.63, 3.8) is 0 Å². The second-order valence-corrected chi connectivity index (χ2v) is 13.1. The van der Waals surface area contributed by atoms with Crippen molar-refractivity contribution in [1.82, 2.24) is 0 Å². The quantitative estimate of drug-likeness (QED) is 0.190. The summed E-state index contributed by atoms with van der Waals surface area (Å²) in [4.78, 5) is 0. The molecule has 0 aliphatic carbocycles. The third-order valence-electron chi connectivity index (χ3n) is 5.02. The summed E-state index contributed by atoms with van der Waals surface area (Å²) < 4.78 is 6.09. The Morgan fingerprint density at radius 1 is 0.826 bits per heavy atom. The predicted molar refractivity (Wildman–Crippen MR) is 108 cm³/mol. The Bertz CT molecular complexity index is 332. The lowest BCUT2D eigenvalue weighted by Gasteiger charge is -2.35.